The second-order valence-corrected chi connectivity index (χ2v) is 3.05. The van der Waals surface area contributed by atoms with Crippen LogP contribution < -0.4 is 0 Å². The number of Topliss-reactive ketones (excluding diaryl/α,β-unsaturated/α-hetero) is 1. The third kappa shape index (κ3) is 3.33. The number of carbonyl (C=O) groups is 2. The van der Waals surface area contributed by atoms with Crippen molar-refractivity contribution in [3.63, 3.8) is 0 Å². The molecule has 0 unspecified atom stereocenters. The molecule has 0 saturated heterocycles. The zero-order valence-electron chi connectivity index (χ0n) is 9.08. The molecular formula is C10H10N2O5. The fourth-order valence-corrected chi connectivity index (χ4v) is 1.20. The highest BCUT2D eigenvalue weighted by atomic mass is 16.6. The molecule has 0 radical (unpaired) electrons. The van der Waals surface area contributed by atoms with E-state index in [-0.39, 0.29) is 17.9 Å². The fourth-order valence-electron chi connectivity index (χ4n) is 1.20. The van der Waals surface area contributed by atoms with Gasteiger partial charge in [-0.3, -0.25) is 24.7 Å². The normalized spacial score (nSPS) is 9.71. The highest BCUT2D eigenvalue weighted by Crippen LogP contribution is 2.18. The van der Waals surface area contributed by atoms with Crippen LogP contribution in [0.15, 0.2) is 18.5 Å². The van der Waals surface area contributed by atoms with Crippen molar-refractivity contribution in [2.24, 2.45) is 0 Å². The number of ketones is 1. The zero-order chi connectivity index (χ0) is 12.8. The molecule has 0 N–H and O–H groups in total. The number of ether oxygens (including phenoxy) is 1. The van der Waals surface area contributed by atoms with Gasteiger partial charge in [-0.15, -0.1) is 0 Å². The highest BCUT2D eigenvalue weighted by molar-refractivity contribution is 6.08. The number of hydrogen-bond acceptors (Lipinski definition) is 6. The third-order valence-corrected chi connectivity index (χ3v) is 1.91. The minimum atomic E-state index is -0.712. The van der Waals surface area contributed by atoms with E-state index >= 15 is 0 Å². The Bertz CT molecular complexity index is 458. The summed E-state index contributed by atoms with van der Waals surface area (Å²) in [6.07, 6.45) is 1.75. The Morgan fingerprint density at radius 3 is 2.82 bits per heavy atom. The molecule has 0 aliphatic heterocycles. The first kappa shape index (κ1) is 12.8. The van der Waals surface area contributed by atoms with E-state index in [0.717, 1.165) is 12.3 Å². The maximum atomic E-state index is 11.6. The van der Waals surface area contributed by atoms with Crippen LogP contribution in [0, 0.1) is 10.1 Å². The monoisotopic (exact) mass is 238 g/mol. The lowest BCUT2D eigenvalue weighted by atomic mass is 10.1. The minimum absolute atomic E-state index is 0.154. The summed E-state index contributed by atoms with van der Waals surface area (Å²) in [6, 6.07) is 1.11. The lowest BCUT2D eigenvalue weighted by Crippen LogP contribution is -2.13. The van der Waals surface area contributed by atoms with E-state index in [4.69, 9.17) is 0 Å². The molecule has 1 heterocycles. The summed E-state index contributed by atoms with van der Waals surface area (Å²) in [4.78, 5) is 36.3. The summed E-state index contributed by atoms with van der Waals surface area (Å²) in [7, 11) is 0. The molecule has 1 rings (SSSR count). The zero-order valence-corrected chi connectivity index (χ0v) is 9.08. The molecule has 0 aliphatic carbocycles. The van der Waals surface area contributed by atoms with Gasteiger partial charge in [0.15, 0.2) is 5.78 Å². The van der Waals surface area contributed by atoms with Gasteiger partial charge in [0, 0.05) is 18.5 Å². The second-order valence-electron chi connectivity index (χ2n) is 3.05. The minimum Gasteiger partial charge on any atom is -0.466 e. The summed E-state index contributed by atoms with van der Waals surface area (Å²) in [5, 5.41) is 10.6. The lowest BCUT2D eigenvalue weighted by molar-refractivity contribution is -0.385. The van der Waals surface area contributed by atoms with Crippen LogP contribution in [0.4, 0.5) is 5.69 Å². The van der Waals surface area contributed by atoms with Gasteiger partial charge in [-0.05, 0) is 6.92 Å². The van der Waals surface area contributed by atoms with Crippen LogP contribution in [-0.2, 0) is 9.53 Å². The van der Waals surface area contributed by atoms with Gasteiger partial charge >= 0.3 is 5.97 Å². The fraction of sp³-hybridized carbons (Fsp3) is 0.300. The second kappa shape index (κ2) is 5.69. The van der Waals surface area contributed by atoms with Crippen molar-refractivity contribution >= 4 is 17.4 Å². The number of rotatable bonds is 5. The number of nitrogens with zero attached hydrogens (tertiary/aromatic N) is 2. The topological polar surface area (TPSA) is 99.4 Å². The van der Waals surface area contributed by atoms with E-state index in [1.807, 2.05) is 0 Å². The van der Waals surface area contributed by atoms with E-state index in [1.54, 1.807) is 6.92 Å². The Kier molecular flexibility index (Phi) is 4.27. The van der Waals surface area contributed by atoms with Crippen molar-refractivity contribution in [3.05, 3.63) is 34.1 Å². The maximum absolute atomic E-state index is 11.6. The summed E-state index contributed by atoms with van der Waals surface area (Å²) in [5.41, 5.74) is -0.556. The van der Waals surface area contributed by atoms with E-state index < -0.39 is 23.1 Å². The van der Waals surface area contributed by atoms with Crippen molar-refractivity contribution in [2.75, 3.05) is 6.61 Å². The van der Waals surface area contributed by atoms with E-state index in [9.17, 15) is 19.7 Å². The van der Waals surface area contributed by atoms with Gasteiger partial charge in [-0.25, -0.2) is 0 Å². The number of hydrogen-bond donors (Lipinski definition) is 0. The Morgan fingerprint density at radius 1 is 1.53 bits per heavy atom. The summed E-state index contributed by atoms with van der Waals surface area (Å²) < 4.78 is 4.58. The number of pyridine rings is 1. The van der Waals surface area contributed by atoms with Crippen molar-refractivity contribution in [1.82, 2.24) is 4.98 Å². The number of carbonyl (C=O) groups excluding carboxylic acids is 2. The Labute approximate surface area is 96.6 Å². The lowest BCUT2D eigenvalue weighted by Gasteiger charge is -2.01. The molecule has 0 aliphatic rings. The van der Waals surface area contributed by atoms with E-state index in [1.165, 1.54) is 6.20 Å². The molecule has 0 spiro atoms. The molecule has 0 fully saturated rings. The van der Waals surface area contributed by atoms with Crippen LogP contribution in [0.1, 0.15) is 23.7 Å². The first-order valence-corrected chi connectivity index (χ1v) is 4.83. The average Bonchev–Trinajstić information content (AvgIpc) is 2.29. The Morgan fingerprint density at radius 2 is 2.24 bits per heavy atom. The van der Waals surface area contributed by atoms with Crippen LogP contribution in [0.25, 0.3) is 0 Å². The molecule has 0 bridgehead atoms. The van der Waals surface area contributed by atoms with Gasteiger partial charge in [0.2, 0.25) is 0 Å². The van der Waals surface area contributed by atoms with E-state index in [0.29, 0.717) is 0 Å². The van der Waals surface area contributed by atoms with Crippen molar-refractivity contribution < 1.29 is 19.2 Å². The van der Waals surface area contributed by atoms with Gasteiger partial charge in [-0.2, -0.15) is 0 Å². The van der Waals surface area contributed by atoms with Crippen LogP contribution in [-0.4, -0.2) is 28.3 Å². The largest absolute Gasteiger partial charge is 0.466 e. The summed E-state index contributed by atoms with van der Waals surface area (Å²) >= 11 is 0. The molecule has 0 atom stereocenters. The molecule has 0 saturated carbocycles. The molecule has 17 heavy (non-hydrogen) atoms. The standard InChI is InChI=1S/C10H10N2O5/c1-2-17-10(14)5-9(13)7-6-11-4-3-8(7)12(15)16/h3-4,6H,2,5H2,1H3. The highest BCUT2D eigenvalue weighted by Gasteiger charge is 2.22. The summed E-state index contributed by atoms with van der Waals surface area (Å²) in [6.45, 7) is 1.76. The summed E-state index contributed by atoms with van der Waals surface area (Å²) in [5.74, 6) is -1.39. The van der Waals surface area contributed by atoms with Gasteiger partial charge in [0.05, 0.1) is 11.5 Å². The average molecular weight is 238 g/mol. The van der Waals surface area contributed by atoms with Crippen molar-refractivity contribution in [2.45, 2.75) is 13.3 Å². The van der Waals surface area contributed by atoms with Crippen molar-refractivity contribution in [1.29, 1.82) is 0 Å². The predicted molar refractivity (Wildman–Crippen MR) is 56.5 cm³/mol. The number of esters is 1. The van der Waals surface area contributed by atoms with E-state index in [2.05, 4.69) is 9.72 Å². The van der Waals surface area contributed by atoms with Crippen LogP contribution in [0.2, 0.25) is 0 Å². The van der Waals surface area contributed by atoms with Gasteiger partial charge in [0.1, 0.15) is 12.0 Å². The number of aromatic nitrogens is 1. The molecule has 1 aromatic heterocycles. The predicted octanol–water partition coefficient (Wildman–Crippen LogP) is 1.13. The first-order valence-electron chi connectivity index (χ1n) is 4.83. The quantitative estimate of drug-likeness (QED) is 0.250. The molecule has 0 amide bonds. The smallest absolute Gasteiger partial charge is 0.313 e. The van der Waals surface area contributed by atoms with Crippen LogP contribution in [0.3, 0.4) is 0 Å². The molecule has 1 aromatic rings. The first-order chi connectivity index (χ1) is 8.06. The van der Waals surface area contributed by atoms with Crippen LogP contribution in [0.5, 0.6) is 0 Å². The SMILES string of the molecule is CCOC(=O)CC(=O)c1cnccc1[N+](=O)[O-]. The molecule has 0 aromatic carbocycles. The number of nitro groups is 1. The molecule has 7 nitrogen and oxygen atoms in total. The van der Waals surface area contributed by atoms with Gasteiger partial charge in [0.25, 0.3) is 5.69 Å². The molecular weight excluding hydrogens is 228 g/mol. The van der Waals surface area contributed by atoms with Gasteiger partial charge in [-0.1, -0.05) is 0 Å². The Balaban J connectivity index is 2.89. The van der Waals surface area contributed by atoms with Crippen LogP contribution >= 0.6 is 0 Å². The molecule has 90 valence electrons. The maximum Gasteiger partial charge on any atom is 0.313 e. The molecule has 7 heteroatoms. The Hall–Kier alpha value is -2.31. The van der Waals surface area contributed by atoms with Gasteiger partial charge < -0.3 is 4.74 Å². The third-order valence-electron chi connectivity index (χ3n) is 1.91. The van der Waals surface area contributed by atoms with Crippen molar-refractivity contribution in [3.8, 4) is 0 Å².